The van der Waals surface area contributed by atoms with Crippen molar-refractivity contribution in [2.24, 2.45) is 0 Å². The molecule has 0 radical (unpaired) electrons. The standard InChI is InChI=1S/C9H20N2O/c1-2-11-6-3-4-10-5-8-12-9-7-11/h10H,2-9H2,1H3. The van der Waals surface area contributed by atoms with Crippen molar-refractivity contribution in [1.82, 2.24) is 10.2 Å². The molecule has 1 aliphatic heterocycles. The predicted molar refractivity (Wildman–Crippen MR) is 50.4 cm³/mol. The average molecular weight is 172 g/mol. The Morgan fingerprint density at radius 2 is 2.17 bits per heavy atom. The van der Waals surface area contributed by atoms with Gasteiger partial charge < -0.3 is 15.0 Å². The molecule has 1 saturated heterocycles. The Hall–Kier alpha value is -0.120. The van der Waals surface area contributed by atoms with Crippen LogP contribution in [0.4, 0.5) is 0 Å². The van der Waals surface area contributed by atoms with Crippen LogP contribution in [0.25, 0.3) is 0 Å². The maximum Gasteiger partial charge on any atom is 0.0594 e. The lowest BCUT2D eigenvalue weighted by Crippen LogP contribution is -2.33. The van der Waals surface area contributed by atoms with E-state index in [2.05, 4.69) is 17.1 Å². The van der Waals surface area contributed by atoms with Crippen LogP contribution in [0.5, 0.6) is 0 Å². The molecule has 0 aromatic rings. The Labute approximate surface area is 75.1 Å². The van der Waals surface area contributed by atoms with Gasteiger partial charge in [-0.2, -0.15) is 0 Å². The lowest BCUT2D eigenvalue weighted by molar-refractivity contribution is 0.101. The summed E-state index contributed by atoms with van der Waals surface area (Å²) in [6.07, 6.45) is 1.26. The lowest BCUT2D eigenvalue weighted by Gasteiger charge is -2.21. The molecular formula is C9H20N2O. The van der Waals surface area contributed by atoms with Crippen LogP contribution in [-0.4, -0.2) is 50.8 Å². The van der Waals surface area contributed by atoms with E-state index < -0.39 is 0 Å². The Morgan fingerprint density at radius 1 is 1.25 bits per heavy atom. The third-order valence-corrected chi connectivity index (χ3v) is 2.25. The number of hydrogen-bond donors (Lipinski definition) is 1. The normalized spacial score (nSPS) is 23.8. The molecule has 0 bridgehead atoms. The zero-order chi connectivity index (χ0) is 8.65. The van der Waals surface area contributed by atoms with Gasteiger partial charge in [-0.1, -0.05) is 6.92 Å². The maximum atomic E-state index is 5.44. The Morgan fingerprint density at radius 3 is 3.00 bits per heavy atom. The van der Waals surface area contributed by atoms with Gasteiger partial charge in [0.15, 0.2) is 0 Å². The minimum Gasteiger partial charge on any atom is -0.379 e. The van der Waals surface area contributed by atoms with Crippen molar-refractivity contribution in [3.8, 4) is 0 Å². The first-order chi connectivity index (χ1) is 5.93. The maximum absolute atomic E-state index is 5.44. The molecule has 1 N–H and O–H groups in total. The van der Waals surface area contributed by atoms with Gasteiger partial charge in [-0.15, -0.1) is 0 Å². The summed E-state index contributed by atoms with van der Waals surface area (Å²) in [4.78, 5) is 2.44. The SMILES string of the molecule is CCN1CCCNCCOCC1. The van der Waals surface area contributed by atoms with Crippen molar-refractivity contribution >= 4 is 0 Å². The largest absolute Gasteiger partial charge is 0.379 e. The number of ether oxygens (including phenoxy) is 1. The summed E-state index contributed by atoms with van der Waals surface area (Å²) in [5.74, 6) is 0. The van der Waals surface area contributed by atoms with E-state index in [4.69, 9.17) is 4.74 Å². The minimum atomic E-state index is 0.859. The number of nitrogens with zero attached hydrogens (tertiary/aromatic N) is 1. The van der Waals surface area contributed by atoms with Crippen LogP contribution in [-0.2, 0) is 4.74 Å². The number of hydrogen-bond acceptors (Lipinski definition) is 3. The molecule has 0 saturated carbocycles. The molecule has 0 spiro atoms. The van der Waals surface area contributed by atoms with E-state index in [1.807, 2.05) is 0 Å². The minimum absolute atomic E-state index is 0.859. The average Bonchev–Trinajstić information content (AvgIpc) is 2.14. The van der Waals surface area contributed by atoms with Crippen molar-refractivity contribution in [3.05, 3.63) is 0 Å². The zero-order valence-corrected chi connectivity index (χ0v) is 8.01. The van der Waals surface area contributed by atoms with Crippen LogP contribution >= 0.6 is 0 Å². The molecule has 0 atom stereocenters. The molecule has 1 rings (SSSR count). The quantitative estimate of drug-likeness (QED) is 0.616. The Balaban J connectivity index is 2.17. The topological polar surface area (TPSA) is 24.5 Å². The van der Waals surface area contributed by atoms with E-state index in [0.29, 0.717) is 0 Å². The van der Waals surface area contributed by atoms with Gasteiger partial charge >= 0.3 is 0 Å². The van der Waals surface area contributed by atoms with E-state index in [1.54, 1.807) is 0 Å². The van der Waals surface area contributed by atoms with E-state index >= 15 is 0 Å². The summed E-state index contributed by atoms with van der Waals surface area (Å²) in [6.45, 7) is 9.52. The summed E-state index contributed by atoms with van der Waals surface area (Å²) in [7, 11) is 0. The third kappa shape index (κ3) is 4.04. The van der Waals surface area contributed by atoms with Gasteiger partial charge in [-0.05, 0) is 26.1 Å². The van der Waals surface area contributed by atoms with Crippen molar-refractivity contribution < 1.29 is 4.74 Å². The molecule has 3 nitrogen and oxygen atoms in total. The van der Waals surface area contributed by atoms with Crippen LogP contribution in [0, 0.1) is 0 Å². The van der Waals surface area contributed by atoms with E-state index in [0.717, 1.165) is 39.4 Å². The molecule has 3 heteroatoms. The van der Waals surface area contributed by atoms with Crippen LogP contribution < -0.4 is 5.32 Å². The molecular weight excluding hydrogens is 152 g/mol. The van der Waals surface area contributed by atoms with Gasteiger partial charge in [-0.25, -0.2) is 0 Å². The molecule has 1 fully saturated rings. The number of rotatable bonds is 1. The summed E-state index contributed by atoms with van der Waals surface area (Å²) in [5, 5.41) is 3.35. The van der Waals surface area contributed by atoms with Crippen molar-refractivity contribution in [3.63, 3.8) is 0 Å². The zero-order valence-electron chi connectivity index (χ0n) is 8.01. The van der Waals surface area contributed by atoms with E-state index in [-0.39, 0.29) is 0 Å². The second-order valence-electron chi connectivity index (χ2n) is 3.15. The van der Waals surface area contributed by atoms with Gasteiger partial charge in [0.25, 0.3) is 0 Å². The van der Waals surface area contributed by atoms with Gasteiger partial charge in [-0.3, -0.25) is 0 Å². The Bertz CT molecular complexity index is 98.7. The van der Waals surface area contributed by atoms with Crippen LogP contribution in [0.1, 0.15) is 13.3 Å². The van der Waals surface area contributed by atoms with Gasteiger partial charge in [0.1, 0.15) is 0 Å². The molecule has 0 aromatic carbocycles. The van der Waals surface area contributed by atoms with Gasteiger partial charge in [0, 0.05) is 13.1 Å². The molecule has 12 heavy (non-hydrogen) atoms. The second-order valence-corrected chi connectivity index (χ2v) is 3.15. The first-order valence-electron chi connectivity index (χ1n) is 4.94. The second kappa shape index (κ2) is 6.40. The van der Waals surface area contributed by atoms with Crippen molar-refractivity contribution in [1.29, 1.82) is 0 Å². The molecule has 0 unspecified atom stereocenters. The highest BCUT2D eigenvalue weighted by molar-refractivity contribution is 4.58. The van der Waals surface area contributed by atoms with E-state index in [9.17, 15) is 0 Å². The summed E-state index contributed by atoms with van der Waals surface area (Å²) in [6, 6.07) is 0. The van der Waals surface area contributed by atoms with Gasteiger partial charge in [0.2, 0.25) is 0 Å². The highest BCUT2D eigenvalue weighted by atomic mass is 16.5. The highest BCUT2D eigenvalue weighted by Crippen LogP contribution is 1.92. The highest BCUT2D eigenvalue weighted by Gasteiger charge is 2.02. The molecule has 72 valence electrons. The number of likely N-dealkylation sites (N-methyl/N-ethyl adjacent to an activating group) is 1. The smallest absolute Gasteiger partial charge is 0.0594 e. The summed E-state index contributed by atoms with van der Waals surface area (Å²) >= 11 is 0. The molecule has 0 aromatic heterocycles. The van der Waals surface area contributed by atoms with Crippen LogP contribution in [0.3, 0.4) is 0 Å². The molecule has 0 amide bonds. The van der Waals surface area contributed by atoms with Crippen molar-refractivity contribution in [2.75, 3.05) is 45.9 Å². The third-order valence-electron chi connectivity index (χ3n) is 2.25. The first-order valence-corrected chi connectivity index (χ1v) is 4.94. The summed E-state index contributed by atoms with van der Waals surface area (Å²) in [5.41, 5.74) is 0. The molecule has 1 heterocycles. The van der Waals surface area contributed by atoms with Crippen LogP contribution in [0.15, 0.2) is 0 Å². The van der Waals surface area contributed by atoms with Crippen LogP contribution in [0.2, 0.25) is 0 Å². The van der Waals surface area contributed by atoms with Gasteiger partial charge in [0.05, 0.1) is 13.2 Å². The number of nitrogens with one attached hydrogen (secondary N) is 1. The van der Waals surface area contributed by atoms with Crippen molar-refractivity contribution in [2.45, 2.75) is 13.3 Å². The fourth-order valence-electron chi connectivity index (χ4n) is 1.42. The predicted octanol–water partition coefficient (Wildman–Crippen LogP) is 0.318. The fourth-order valence-corrected chi connectivity index (χ4v) is 1.42. The summed E-state index contributed by atoms with van der Waals surface area (Å²) < 4.78 is 5.44. The fraction of sp³-hybridized carbons (Fsp3) is 1.00. The first kappa shape index (κ1) is 9.96. The van der Waals surface area contributed by atoms with E-state index in [1.165, 1.54) is 13.0 Å². The monoisotopic (exact) mass is 172 g/mol. The molecule has 0 aliphatic carbocycles. The lowest BCUT2D eigenvalue weighted by atomic mass is 10.3. The Kier molecular flexibility index (Phi) is 5.32. The molecule has 1 aliphatic rings.